The lowest BCUT2D eigenvalue weighted by Gasteiger charge is -2.19. The summed E-state index contributed by atoms with van der Waals surface area (Å²) in [6.45, 7) is 8.44. The van der Waals surface area contributed by atoms with Gasteiger partial charge in [-0.1, -0.05) is 45.0 Å². The van der Waals surface area contributed by atoms with Crippen molar-refractivity contribution in [3.05, 3.63) is 59.5 Å². The van der Waals surface area contributed by atoms with E-state index in [1.807, 2.05) is 6.07 Å². The van der Waals surface area contributed by atoms with Crippen LogP contribution in [0.3, 0.4) is 0 Å². The monoisotopic (exact) mass is 243 g/mol. The predicted molar refractivity (Wildman–Crippen MR) is 74.4 cm³/mol. The molecule has 1 aromatic carbocycles. The smallest absolute Gasteiger partial charge is 0.0947 e. The van der Waals surface area contributed by atoms with Gasteiger partial charge in [0.15, 0.2) is 0 Å². The Balaban J connectivity index is 1.87. The first-order valence-electron chi connectivity index (χ1n) is 6.37. The topological polar surface area (TPSA) is 25.2 Å². The van der Waals surface area contributed by atoms with Crippen molar-refractivity contribution in [3.8, 4) is 0 Å². The van der Waals surface area contributed by atoms with E-state index in [4.69, 9.17) is 4.42 Å². The summed E-state index contributed by atoms with van der Waals surface area (Å²) < 4.78 is 5.03. The van der Waals surface area contributed by atoms with Gasteiger partial charge in [-0.2, -0.15) is 0 Å². The van der Waals surface area contributed by atoms with Crippen molar-refractivity contribution in [3.63, 3.8) is 0 Å². The van der Waals surface area contributed by atoms with Gasteiger partial charge in [0.2, 0.25) is 0 Å². The molecular formula is C16H21NO. The minimum absolute atomic E-state index is 0.225. The summed E-state index contributed by atoms with van der Waals surface area (Å²) in [5.74, 6) is 0. The second kappa shape index (κ2) is 5.40. The Hall–Kier alpha value is -1.54. The number of benzene rings is 1. The third-order valence-electron chi connectivity index (χ3n) is 3.06. The van der Waals surface area contributed by atoms with Crippen LogP contribution in [0.15, 0.2) is 47.3 Å². The molecule has 0 fully saturated rings. The number of nitrogens with one attached hydrogen (secondary N) is 1. The van der Waals surface area contributed by atoms with Crippen molar-refractivity contribution < 1.29 is 4.42 Å². The minimum atomic E-state index is 0.225. The highest BCUT2D eigenvalue weighted by molar-refractivity contribution is 5.27. The van der Waals surface area contributed by atoms with Crippen LogP contribution in [0, 0.1) is 0 Å². The average Bonchev–Trinajstić information content (AvgIpc) is 2.82. The average molecular weight is 243 g/mol. The zero-order valence-electron chi connectivity index (χ0n) is 11.4. The SMILES string of the molecule is CC(C)(C)c1ccc(CNCc2ccoc2)cc1. The van der Waals surface area contributed by atoms with Crippen LogP contribution in [0.4, 0.5) is 0 Å². The molecule has 0 bridgehead atoms. The summed E-state index contributed by atoms with van der Waals surface area (Å²) in [6, 6.07) is 10.8. The molecule has 0 spiro atoms. The molecule has 0 amide bonds. The van der Waals surface area contributed by atoms with Crippen LogP contribution in [0.25, 0.3) is 0 Å². The molecule has 1 aromatic heterocycles. The summed E-state index contributed by atoms with van der Waals surface area (Å²) in [4.78, 5) is 0. The summed E-state index contributed by atoms with van der Waals surface area (Å²) in [7, 11) is 0. The van der Waals surface area contributed by atoms with Crippen LogP contribution in [-0.2, 0) is 18.5 Å². The molecule has 2 heteroatoms. The van der Waals surface area contributed by atoms with Crippen LogP contribution >= 0.6 is 0 Å². The number of hydrogen-bond donors (Lipinski definition) is 1. The largest absolute Gasteiger partial charge is 0.472 e. The van der Waals surface area contributed by atoms with Gasteiger partial charge in [-0.15, -0.1) is 0 Å². The highest BCUT2D eigenvalue weighted by Crippen LogP contribution is 2.22. The summed E-state index contributed by atoms with van der Waals surface area (Å²) in [6.07, 6.45) is 3.48. The maximum Gasteiger partial charge on any atom is 0.0947 e. The minimum Gasteiger partial charge on any atom is -0.472 e. The summed E-state index contributed by atoms with van der Waals surface area (Å²) >= 11 is 0. The normalized spacial score (nSPS) is 11.7. The molecule has 1 heterocycles. The van der Waals surface area contributed by atoms with E-state index >= 15 is 0 Å². The molecule has 0 aliphatic heterocycles. The molecule has 2 aromatic rings. The van der Waals surface area contributed by atoms with Gasteiger partial charge in [0.05, 0.1) is 12.5 Å². The van der Waals surface area contributed by atoms with Crippen LogP contribution in [0.1, 0.15) is 37.5 Å². The molecule has 0 aliphatic carbocycles. The molecule has 2 nitrogen and oxygen atoms in total. The number of hydrogen-bond acceptors (Lipinski definition) is 2. The summed E-state index contributed by atoms with van der Waals surface area (Å²) in [5.41, 5.74) is 4.09. The van der Waals surface area contributed by atoms with Gasteiger partial charge in [-0.05, 0) is 22.6 Å². The highest BCUT2D eigenvalue weighted by atomic mass is 16.3. The standard InChI is InChI=1S/C16H21NO/c1-16(2,3)15-6-4-13(5-7-15)10-17-11-14-8-9-18-12-14/h4-9,12,17H,10-11H2,1-3H3. The number of rotatable bonds is 4. The van der Waals surface area contributed by atoms with Gasteiger partial charge >= 0.3 is 0 Å². The third-order valence-corrected chi connectivity index (χ3v) is 3.06. The second-order valence-corrected chi connectivity index (χ2v) is 5.68. The lowest BCUT2D eigenvalue weighted by Crippen LogP contribution is -2.13. The van der Waals surface area contributed by atoms with Crippen molar-refractivity contribution >= 4 is 0 Å². The molecule has 18 heavy (non-hydrogen) atoms. The molecule has 0 unspecified atom stereocenters. The molecule has 0 saturated heterocycles. The predicted octanol–water partition coefficient (Wildman–Crippen LogP) is 3.87. The Bertz CT molecular complexity index is 463. The van der Waals surface area contributed by atoms with Crippen LogP contribution in [0.2, 0.25) is 0 Å². The van der Waals surface area contributed by atoms with E-state index in [1.165, 1.54) is 16.7 Å². The van der Waals surface area contributed by atoms with Crippen molar-refractivity contribution in [2.45, 2.75) is 39.3 Å². The third kappa shape index (κ3) is 3.47. The Morgan fingerprint density at radius 1 is 0.944 bits per heavy atom. The van der Waals surface area contributed by atoms with Crippen molar-refractivity contribution in [1.29, 1.82) is 0 Å². The van der Waals surface area contributed by atoms with E-state index in [9.17, 15) is 0 Å². The molecule has 0 saturated carbocycles. The van der Waals surface area contributed by atoms with Gasteiger partial charge in [0, 0.05) is 18.7 Å². The first-order chi connectivity index (χ1) is 8.55. The van der Waals surface area contributed by atoms with Crippen molar-refractivity contribution in [2.24, 2.45) is 0 Å². The van der Waals surface area contributed by atoms with Crippen molar-refractivity contribution in [1.82, 2.24) is 5.32 Å². The Morgan fingerprint density at radius 3 is 2.17 bits per heavy atom. The lowest BCUT2D eigenvalue weighted by atomic mass is 9.87. The molecule has 0 radical (unpaired) electrons. The Labute approximate surface area is 109 Å². The van der Waals surface area contributed by atoms with Gasteiger partial charge < -0.3 is 9.73 Å². The van der Waals surface area contributed by atoms with Crippen LogP contribution in [0.5, 0.6) is 0 Å². The van der Waals surface area contributed by atoms with E-state index in [2.05, 4.69) is 50.4 Å². The fraction of sp³-hybridized carbons (Fsp3) is 0.375. The second-order valence-electron chi connectivity index (χ2n) is 5.68. The molecule has 0 atom stereocenters. The Morgan fingerprint density at radius 2 is 1.61 bits per heavy atom. The van der Waals surface area contributed by atoms with E-state index in [0.29, 0.717) is 0 Å². The highest BCUT2D eigenvalue weighted by Gasteiger charge is 2.12. The van der Waals surface area contributed by atoms with Gasteiger partial charge in [-0.25, -0.2) is 0 Å². The van der Waals surface area contributed by atoms with Gasteiger partial charge in [-0.3, -0.25) is 0 Å². The molecular weight excluding hydrogens is 222 g/mol. The van der Waals surface area contributed by atoms with E-state index in [1.54, 1.807) is 12.5 Å². The van der Waals surface area contributed by atoms with Crippen LogP contribution in [-0.4, -0.2) is 0 Å². The lowest BCUT2D eigenvalue weighted by molar-refractivity contribution is 0.560. The first kappa shape index (κ1) is 12.9. The zero-order chi connectivity index (χ0) is 13.0. The maximum atomic E-state index is 5.03. The fourth-order valence-corrected chi connectivity index (χ4v) is 1.87. The maximum absolute atomic E-state index is 5.03. The zero-order valence-corrected chi connectivity index (χ0v) is 11.4. The molecule has 96 valence electrons. The molecule has 0 aliphatic rings. The van der Waals surface area contributed by atoms with E-state index in [0.717, 1.165) is 13.1 Å². The first-order valence-corrected chi connectivity index (χ1v) is 6.37. The van der Waals surface area contributed by atoms with Crippen molar-refractivity contribution in [2.75, 3.05) is 0 Å². The quantitative estimate of drug-likeness (QED) is 0.882. The van der Waals surface area contributed by atoms with Gasteiger partial charge in [0.1, 0.15) is 0 Å². The molecule has 1 N–H and O–H groups in total. The summed E-state index contributed by atoms with van der Waals surface area (Å²) in [5, 5.41) is 3.40. The Kier molecular flexibility index (Phi) is 3.87. The number of furan rings is 1. The van der Waals surface area contributed by atoms with Crippen LogP contribution < -0.4 is 5.32 Å². The van der Waals surface area contributed by atoms with Gasteiger partial charge in [0.25, 0.3) is 0 Å². The fourth-order valence-electron chi connectivity index (χ4n) is 1.87. The van der Waals surface area contributed by atoms with E-state index < -0.39 is 0 Å². The van der Waals surface area contributed by atoms with E-state index in [-0.39, 0.29) is 5.41 Å². The molecule has 2 rings (SSSR count).